The fourth-order valence-electron chi connectivity index (χ4n) is 1.70. The highest BCUT2D eigenvalue weighted by Gasteiger charge is 2.07. The first-order valence-corrected chi connectivity index (χ1v) is 9.45. The van der Waals surface area contributed by atoms with Gasteiger partial charge in [0.2, 0.25) is 0 Å². The van der Waals surface area contributed by atoms with Gasteiger partial charge in [0.15, 0.2) is 0 Å². The van der Waals surface area contributed by atoms with Crippen LogP contribution in [0.2, 0.25) is 0 Å². The molecule has 0 nitrogen and oxygen atoms in total. The molecule has 2 rings (SSSR count). The summed E-state index contributed by atoms with van der Waals surface area (Å²) in [5, 5.41) is 0. The molecule has 0 saturated heterocycles. The van der Waals surface area contributed by atoms with Gasteiger partial charge in [-0.05, 0) is 81.6 Å². The minimum Gasteiger partial charge on any atom is -0.223 e. The van der Waals surface area contributed by atoms with E-state index in [2.05, 4.69) is 89.9 Å². The Hall–Kier alpha value is -0.480. The highest BCUT2D eigenvalue weighted by molar-refractivity contribution is 14.1. The molecule has 17 heavy (non-hydrogen) atoms. The number of rotatable bonds is 2. The molecular weight excluding hydrogens is 339 g/mol. The smallest absolute Gasteiger partial charge is 0.0130 e. The van der Waals surface area contributed by atoms with E-state index in [0.717, 1.165) is 0 Å². The molecule has 0 amide bonds. The summed E-state index contributed by atoms with van der Waals surface area (Å²) < 4.78 is 1.28. The Bertz CT molecular complexity index is 492. The third kappa shape index (κ3) is 3.26. The van der Waals surface area contributed by atoms with Crippen LogP contribution in [0, 0.1) is 3.57 Å². The maximum absolute atomic E-state index is 2.33. The summed E-state index contributed by atoms with van der Waals surface area (Å²) in [4.78, 5) is 1.46. The van der Waals surface area contributed by atoms with Crippen LogP contribution in [-0.4, -0.2) is 18.8 Å². The first-order valence-electron chi connectivity index (χ1n) is 5.51. The number of hydrogen-bond acceptors (Lipinski definition) is 0. The summed E-state index contributed by atoms with van der Waals surface area (Å²) in [5.41, 5.74) is 2.59. The van der Waals surface area contributed by atoms with Gasteiger partial charge in [-0.3, -0.25) is 0 Å². The van der Waals surface area contributed by atoms with Gasteiger partial charge < -0.3 is 0 Å². The molecule has 0 spiro atoms. The molecule has 2 heteroatoms. The topological polar surface area (TPSA) is 0 Å². The second-order valence-corrected chi connectivity index (χ2v) is 10.3. The molecule has 0 atom stereocenters. The lowest BCUT2D eigenvalue weighted by atomic mass is 10.1. The van der Waals surface area contributed by atoms with Crippen molar-refractivity contribution in [1.82, 2.24) is 0 Å². The van der Waals surface area contributed by atoms with Crippen LogP contribution in [0.1, 0.15) is 0 Å². The van der Waals surface area contributed by atoms with Crippen molar-refractivity contribution in [2.45, 2.75) is 4.90 Å². The zero-order valence-corrected chi connectivity index (χ0v) is 13.4. The van der Waals surface area contributed by atoms with E-state index in [1.54, 1.807) is 0 Å². The van der Waals surface area contributed by atoms with E-state index in [4.69, 9.17) is 0 Å². The summed E-state index contributed by atoms with van der Waals surface area (Å²) >= 11 is 2.33. The van der Waals surface area contributed by atoms with Crippen LogP contribution in [0.25, 0.3) is 11.1 Å². The first-order chi connectivity index (χ1) is 7.97. The van der Waals surface area contributed by atoms with E-state index >= 15 is 0 Å². The normalized spacial score (nSPS) is 12.5. The van der Waals surface area contributed by atoms with Crippen molar-refractivity contribution >= 4 is 32.6 Å². The van der Waals surface area contributed by atoms with E-state index in [1.165, 1.54) is 19.6 Å². The van der Waals surface area contributed by atoms with E-state index in [0.29, 0.717) is 0 Å². The Labute approximate surface area is 119 Å². The Morgan fingerprint density at radius 2 is 1.12 bits per heavy atom. The third-order valence-electron chi connectivity index (χ3n) is 2.74. The van der Waals surface area contributed by atoms with E-state index in [-0.39, 0.29) is 0 Å². The molecular formula is C15H17IS. The van der Waals surface area contributed by atoms with Gasteiger partial charge in [0.25, 0.3) is 0 Å². The second-order valence-electron chi connectivity index (χ2n) is 4.87. The first kappa shape index (κ1) is 13.0. The van der Waals surface area contributed by atoms with Gasteiger partial charge in [-0.25, -0.2) is 10.0 Å². The molecule has 90 valence electrons. The molecule has 0 saturated carbocycles. The summed E-state index contributed by atoms with van der Waals surface area (Å²) in [6.45, 7) is 0. The maximum Gasteiger partial charge on any atom is 0.0130 e. The summed E-state index contributed by atoms with van der Waals surface area (Å²) in [6.07, 6.45) is 6.98. The van der Waals surface area contributed by atoms with Gasteiger partial charge in [0.05, 0.1) is 0 Å². The summed E-state index contributed by atoms with van der Waals surface area (Å²) in [6, 6.07) is 17.7. The number of halogens is 1. The Kier molecular flexibility index (Phi) is 3.83. The van der Waals surface area contributed by atoms with Crippen LogP contribution in [0.5, 0.6) is 0 Å². The maximum atomic E-state index is 2.33. The largest absolute Gasteiger partial charge is 0.223 e. The minimum absolute atomic E-state index is 0.610. The molecule has 0 fully saturated rings. The molecule has 0 aliphatic carbocycles. The van der Waals surface area contributed by atoms with Crippen molar-refractivity contribution < 1.29 is 0 Å². The zero-order valence-electron chi connectivity index (χ0n) is 10.4. The highest BCUT2D eigenvalue weighted by Crippen LogP contribution is 2.45. The van der Waals surface area contributed by atoms with Gasteiger partial charge in [-0.2, -0.15) is 0 Å². The van der Waals surface area contributed by atoms with Crippen molar-refractivity contribution in [2.75, 3.05) is 18.8 Å². The molecule has 0 heterocycles. The van der Waals surface area contributed by atoms with Gasteiger partial charge >= 0.3 is 0 Å². The van der Waals surface area contributed by atoms with Crippen LogP contribution < -0.4 is 0 Å². The monoisotopic (exact) mass is 356 g/mol. The standard InChI is InChI=1S/C15H17IS/c1-17(2,3)15-10-6-13(7-11-15)12-4-8-14(16)9-5-12/h4-11H,1-3H3. The Morgan fingerprint density at radius 1 is 0.706 bits per heavy atom. The van der Waals surface area contributed by atoms with Gasteiger partial charge in [0.1, 0.15) is 0 Å². The van der Waals surface area contributed by atoms with Crippen LogP contribution in [0.15, 0.2) is 53.4 Å². The summed E-state index contributed by atoms with van der Waals surface area (Å²) in [7, 11) is -0.610. The van der Waals surface area contributed by atoms with Gasteiger partial charge in [0, 0.05) is 3.57 Å². The van der Waals surface area contributed by atoms with E-state index in [1.807, 2.05) is 0 Å². The molecule has 0 N–H and O–H groups in total. The predicted molar refractivity (Wildman–Crippen MR) is 88.2 cm³/mol. The van der Waals surface area contributed by atoms with Crippen LogP contribution >= 0.6 is 32.6 Å². The average Bonchev–Trinajstić information content (AvgIpc) is 2.29. The molecule has 0 aliphatic heterocycles. The lowest BCUT2D eigenvalue weighted by molar-refractivity contribution is 1.43. The predicted octanol–water partition coefficient (Wildman–Crippen LogP) is 5.01. The van der Waals surface area contributed by atoms with Crippen LogP contribution in [0.3, 0.4) is 0 Å². The highest BCUT2D eigenvalue weighted by atomic mass is 127. The van der Waals surface area contributed by atoms with Crippen molar-refractivity contribution in [2.24, 2.45) is 0 Å². The van der Waals surface area contributed by atoms with Crippen LogP contribution in [-0.2, 0) is 0 Å². The molecule has 0 radical (unpaired) electrons. The van der Waals surface area contributed by atoms with Crippen LogP contribution in [0.4, 0.5) is 0 Å². The Balaban J connectivity index is 2.33. The number of hydrogen-bond donors (Lipinski definition) is 0. The lowest BCUT2D eigenvalue weighted by Gasteiger charge is -2.25. The molecule has 0 unspecified atom stereocenters. The van der Waals surface area contributed by atoms with Crippen molar-refractivity contribution in [3.63, 3.8) is 0 Å². The zero-order chi connectivity index (χ0) is 12.5. The summed E-state index contributed by atoms with van der Waals surface area (Å²) in [5.74, 6) is 0. The van der Waals surface area contributed by atoms with Gasteiger partial charge in [-0.1, -0.05) is 24.3 Å². The van der Waals surface area contributed by atoms with Crippen molar-refractivity contribution in [3.05, 3.63) is 52.1 Å². The third-order valence-corrected chi connectivity index (χ3v) is 5.14. The molecule has 0 aliphatic rings. The average molecular weight is 356 g/mol. The second kappa shape index (κ2) is 5.02. The molecule has 2 aromatic rings. The quantitative estimate of drug-likeness (QED) is 0.664. The lowest BCUT2D eigenvalue weighted by Crippen LogP contribution is -1.92. The van der Waals surface area contributed by atoms with E-state index < -0.39 is 10.0 Å². The SMILES string of the molecule is CS(C)(C)c1ccc(-c2ccc(I)cc2)cc1. The fourth-order valence-corrected chi connectivity index (χ4v) is 3.01. The number of benzene rings is 2. The fraction of sp³-hybridized carbons (Fsp3) is 0.200. The minimum atomic E-state index is -0.610. The van der Waals surface area contributed by atoms with E-state index in [9.17, 15) is 0 Å². The molecule has 2 aromatic carbocycles. The molecule has 0 bridgehead atoms. The van der Waals surface area contributed by atoms with Crippen molar-refractivity contribution in [1.29, 1.82) is 0 Å². The Morgan fingerprint density at radius 3 is 1.53 bits per heavy atom. The van der Waals surface area contributed by atoms with Gasteiger partial charge in [-0.15, -0.1) is 0 Å². The van der Waals surface area contributed by atoms with Crippen molar-refractivity contribution in [3.8, 4) is 11.1 Å². The molecule has 0 aromatic heterocycles.